The van der Waals surface area contributed by atoms with Gasteiger partial charge in [-0.25, -0.2) is 9.97 Å². The minimum Gasteiger partial charge on any atom is -0.309 e. The van der Waals surface area contributed by atoms with Gasteiger partial charge in [0.2, 0.25) is 0 Å². The highest BCUT2D eigenvalue weighted by Gasteiger charge is 2.25. The molecule has 1 aliphatic rings. The van der Waals surface area contributed by atoms with Crippen molar-refractivity contribution < 1.29 is 0 Å². The predicted molar refractivity (Wildman–Crippen MR) is 235 cm³/mol. The molecule has 0 fully saturated rings. The molecule has 0 saturated heterocycles. The Kier molecular flexibility index (Phi) is 6.96. The number of rotatable bonds is 5. The molecule has 4 heteroatoms. The third-order valence-electron chi connectivity index (χ3n) is 11.7. The van der Waals surface area contributed by atoms with Crippen LogP contribution < -0.4 is 0 Å². The number of aromatic nitrogens is 4. The van der Waals surface area contributed by atoms with Crippen LogP contribution in [0.2, 0.25) is 0 Å². The highest BCUT2D eigenvalue weighted by atomic mass is 15.0. The van der Waals surface area contributed by atoms with Crippen LogP contribution in [0.5, 0.6) is 0 Å². The summed E-state index contributed by atoms with van der Waals surface area (Å²) in [6.45, 7) is 0. The summed E-state index contributed by atoms with van der Waals surface area (Å²) >= 11 is 0. The summed E-state index contributed by atoms with van der Waals surface area (Å²) in [7, 11) is 0. The Morgan fingerprint density at radius 3 is 1.35 bits per heavy atom. The van der Waals surface area contributed by atoms with Gasteiger partial charge >= 0.3 is 0 Å². The van der Waals surface area contributed by atoms with E-state index < -0.39 is 0 Å². The zero-order chi connectivity index (χ0) is 37.5. The number of hydrogen-bond acceptors (Lipinski definition) is 2. The Morgan fingerprint density at radius 1 is 0.333 bits per heavy atom. The van der Waals surface area contributed by atoms with Crippen molar-refractivity contribution in [3.63, 3.8) is 0 Å². The van der Waals surface area contributed by atoms with Gasteiger partial charge in [-0.15, -0.1) is 0 Å². The number of benzene rings is 8. The van der Waals surface area contributed by atoms with Crippen LogP contribution in [-0.4, -0.2) is 19.1 Å². The number of hydrogen-bond donors (Lipinski definition) is 0. The van der Waals surface area contributed by atoms with Crippen molar-refractivity contribution in [3.8, 4) is 56.4 Å². The third-order valence-corrected chi connectivity index (χ3v) is 11.7. The monoisotopic (exact) mass is 726 g/mol. The van der Waals surface area contributed by atoms with Crippen molar-refractivity contribution in [2.75, 3.05) is 0 Å². The first-order chi connectivity index (χ1) is 28.2. The lowest BCUT2D eigenvalue weighted by Gasteiger charge is -2.12. The molecule has 3 aromatic heterocycles. The zero-order valence-corrected chi connectivity index (χ0v) is 31.0. The van der Waals surface area contributed by atoms with E-state index in [2.05, 4.69) is 191 Å². The zero-order valence-electron chi connectivity index (χ0n) is 31.0. The van der Waals surface area contributed by atoms with Crippen LogP contribution in [0.4, 0.5) is 0 Å². The van der Waals surface area contributed by atoms with E-state index in [-0.39, 0.29) is 0 Å². The summed E-state index contributed by atoms with van der Waals surface area (Å²) in [5, 5.41) is 5.06. The first-order valence-electron chi connectivity index (χ1n) is 19.5. The fourth-order valence-electron chi connectivity index (χ4n) is 9.12. The van der Waals surface area contributed by atoms with Gasteiger partial charge < -0.3 is 9.13 Å². The van der Waals surface area contributed by atoms with Crippen molar-refractivity contribution in [2.24, 2.45) is 0 Å². The lowest BCUT2D eigenvalue weighted by Crippen LogP contribution is -1.98. The largest absolute Gasteiger partial charge is 0.309 e. The van der Waals surface area contributed by atoms with Gasteiger partial charge in [0.1, 0.15) is 0 Å². The molecule has 12 rings (SSSR count). The molecule has 0 spiro atoms. The second-order valence-corrected chi connectivity index (χ2v) is 15.0. The Balaban J connectivity index is 1.03. The Hall–Kier alpha value is -7.56. The SMILES string of the molecule is c1ccc(-c2cc(-c3ccccc3)nc(-c3cccc(-n4c5ccccc5c5cc6c(cc54)Cc4cc5c(cc4-6)c4ccccc4n5-c4ccccc4)c3)n2)cc1. The molecule has 8 aromatic carbocycles. The van der Waals surface area contributed by atoms with E-state index in [4.69, 9.17) is 9.97 Å². The van der Waals surface area contributed by atoms with Crippen molar-refractivity contribution in [1.82, 2.24) is 19.1 Å². The predicted octanol–water partition coefficient (Wildman–Crippen LogP) is 13.2. The number of nitrogens with zero attached hydrogens (tertiary/aromatic N) is 4. The van der Waals surface area contributed by atoms with E-state index in [1.54, 1.807) is 0 Å². The lowest BCUT2D eigenvalue weighted by atomic mass is 10.0. The maximum atomic E-state index is 5.16. The molecule has 57 heavy (non-hydrogen) atoms. The van der Waals surface area contributed by atoms with Gasteiger partial charge in [-0.3, -0.25) is 0 Å². The van der Waals surface area contributed by atoms with Gasteiger partial charge in [0, 0.05) is 49.6 Å². The average Bonchev–Trinajstić information content (AvgIpc) is 3.92. The molecule has 0 unspecified atom stereocenters. The Labute approximate surface area is 329 Å². The molecule has 0 amide bonds. The Bertz CT molecular complexity index is 3300. The first kappa shape index (κ1) is 31.8. The van der Waals surface area contributed by atoms with Crippen LogP contribution in [0.15, 0.2) is 194 Å². The van der Waals surface area contributed by atoms with Crippen molar-refractivity contribution in [2.45, 2.75) is 6.42 Å². The van der Waals surface area contributed by atoms with Gasteiger partial charge in [-0.05, 0) is 95.4 Å². The maximum Gasteiger partial charge on any atom is 0.160 e. The van der Waals surface area contributed by atoms with Crippen molar-refractivity contribution in [1.29, 1.82) is 0 Å². The molecule has 3 heterocycles. The highest BCUT2D eigenvalue weighted by Crippen LogP contribution is 2.45. The van der Waals surface area contributed by atoms with Gasteiger partial charge in [0.25, 0.3) is 0 Å². The van der Waals surface area contributed by atoms with Crippen molar-refractivity contribution >= 4 is 43.6 Å². The first-order valence-corrected chi connectivity index (χ1v) is 19.5. The standard InChI is InChI=1S/C53H34N4/c1-4-15-34(16-5-1)47-33-48(35-17-6-2-7-18-35)55-53(54-47)36-19-14-22-40(28-36)57-50-26-13-11-24-42(50)46-32-44-38(30-52(46)57)27-37-29-51-45(31-43(37)44)41-23-10-12-25-49(41)56(51)39-20-8-3-9-21-39/h1-26,28-33H,27H2. The highest BCUT2D eigenvalue weighted by molar-refractivity contribution is 6.14. The van der Waals surface area contributed by atoms with Crippen LogP contribution in [0, 0.1) is 0 Å². The van der Waals surface area contributed by atoms with Crippen LogP contribution in [-0.2, 0) is 6.42 Å². The smallest absolute Gasteiger partial charge is 0.160 e. The van der Waals surface area contributed by atoms with E-state index >= 15 is 0 Å². The summed E-state index contributed by atoms with van der Waals surface area (Å²) in [5.41, 5.74) is 17.4. The van der Waals surface area contributed by atoms with Crippen LogP contribution in [0.3, 0.4) is 0 Å². The maximum absolute atomic E-state index is 5.16. The molecule has 0 bridgehead atoms. The normalized spacial score (nSPS) is 12.1. The molecule has 0 N–H and O–H groups in total. The molecule has 0 radical (unpaired) electrons. The van der Waals surface area contributed by atoms with E-state index in [0.29, 0.717) is 5.82 Å². The van der Waals surface area contributed by atoms with Crippen molar-refractivity contribution in [3.05, 3.63) is 205 Å². The fourth-order valence-corrected chi connectivity index (χ4v) is 9.12. The topological polar surface area (TPSA) is 35.6 Å². The summed E-state index contributed by atoms with van der Waals surface area (Å²) in [4.78, 5) is 10.3. The molecule has 0 atom stereocenters. The third kappa shape index (κ3) is 5.01. The van der Waals surface area contributed by atoms with Gasteiger partial charge in [0.05, 0.1) is 33.5 Å². The Morgan fingerprint density at radius 2 is 0.789 bits per heavy atom. The van der Waals surface area contributed by atoms with Gasteiger partial charge in [-0.2, -0.15) is 0 Å². The van der Waals surface area contributed by atoms with Gasteiger partial charge in [-0.1, -0.05) is 127 Å². The summed E-state index contributed by atoms with van der Waals surface area (Å²) in [6, 6.07) is 69.6. The number of fused-ring (bicyclic) bond motifs is 9. The summed E-state index contributed by atoms with van der Waals surface area (Å²) < 4.78 is 4.84. The molecular weight excluding hydrogens is 693 g/mol. The molecule has 1 aliphatic carbocycles. The molecule has 4 nitrogen and oxygen atoms in total. The molecule has 11 aromatic rings. The second kappa shape index (κ2) is 12.5. The molecular formula is C53H34N4. The van der Waals surface area contributed by atoms with Gasteiger partial charge in [0.15, 0.2) is 5.82 Å². The van der Waals surface area contributed by atoms with E-state index in [0.717, 1.165) is 40.2 Å². The average molecular weight is 727 g/mol. The van der Waals surface area contributed by atoms with E-state index in [9.17, 15) is 0 Å². The fraction of sp³-hybridized carbons (Fsp3) is 0.0189. The quantitative estimate of drug-likeness (QED) is 0.177. The van der Waals surface area contributed by atoms with E-state index in [1.165, 1.54) is 71.6 Å². The minimum atomic E-state index is 0.702. The van der Waals surface area contributed by atoms with Crippen LogP contribution in [0.1, 0.15) is 11.1 Å². The number of para-hydroxylation sites is 3. The minimum absolute atomic E-state index is 0.702. The molecule has 0 saturated carbocycles. The van der Waals surface area contributed by atoms with E-state index in [1.807, 2.05) is 12.1 Å². The van der Waals surface area contributed by atoms with Crippen LogP contribution >= 0.6 is 0 Å². The molecule has 0 aliphatic heterocycles. The molecule has 266 valence electrons. The van der Waals surface area contributed by atoms with Crippen LogP contribution in [0.25, 0.3) is 100 Å². The lowest BCUT2D eigenvalue weighted by molar-refractivity contribution is 1.15. The summed E-state index contributed by atoms with van der Waals surface area (Å²) in [5.74, 6) is 0.702. The second-order valence-electron chi connectivity index (χ2n) is 15.0. The summed E-state index contributed by atoms with van der Waals surface area (Å²) in [6.07, 6.45) is 0.886.